The fraction of sp³-hybridized carbons (Fsp3) is 0.644. The first-order valence-corrected chi connectivity index (χ1v) is 26.2. The van der Waals surface area contributed by atoms with Crippen molar-refractivity contribution in [3.8, 4) is 0 Å². The monoisotopic (exact) mass is 870 g/mol. The maximum absolute atomic E-state index is 12.4. The van der Waals surface area contributed by atoms with Crippen LogP contribution in [0.5, 0.6) is 0 Å². The smallest absolute Gasteiger partial charge is 0.220 e. The number of carbonyl (C=O) groups excluding carboxylic acids is 1. The van der Waals surface area contributed by atoms with Crippen LogP contribution >= 0.6 is 0 Å². The van der Waals surface area contributed by atoms with Gasteiger partial charge in [0, 0.05) is 6.42 Å². The average molecular weight is 870 g/mol. The molecule has 63 heavy (non-hydrogen) atoms. The number of rotatable bonds is 46. The molecule has 2 unspecified atom stereocenters. The van der Waals surface area contributed by atoms with Crippen molar-refractivity contribution >= 4 is 5.91 Å². The Morgan fingerprint density at radius 1 is 0.397 bits per heavy atom. The maximum atomic E-state index is 12.4. The van der Waals surface area contributed by atoms with Crippen molar-refractivity contribution in [2.75, 3.05) is 6.61 Å². The summed E-state index contributed by atoms with van der Waals surface area (Å²) in [5.41, 5.74) is 0. The van der Waals surface area contributed by atoms with Crippen molar-refractivity contribution in [3.05, 3.63) is 122 Å². The van der Waals surface area contributed by atoms with Gasteiger partial charge in [0.1, 0.15) is 0 Å². The Morgan fingerprint density at radius 2 is 0.698 bits per heavy atom. The van der Waals surface area contributed by atoms with Crippen LogP contribution in [0.1, 0.15) is 226 Å². The molecule has 0 spiro atoms. The minimum absolute atomic E-state index is 0.0758. The second-order valence-electron chi connectivity index (χ2n) is 17.2. The van der Waals surface area contributed by atoms with E-state index in [1.165, 1.54) is 116 Å². The molecule has 0 aromatic carbocycles. The second-order valence-corrected chi connectivity index (χ2v) is 17.2. The Hall–Kier alpha value is -3.21. The van der Waals surface area contributed by atoms with Crippen LogP contribution in [0.3, 0.4) is 0 Å². The molecule has 0 radical (unpaired) electrons. The number of carbonyl (C=O) groups is 1. The van der Waals surface area contributed by atoms with Crippen LogP contribution in [0.25, 0.3) is 0 Å². The van der Waals surface area contributed by atoms with E-state index in [4.69, 9.17) is 0 Å². The fourth-order valence-corrected chi connectivity index (χ4v) is 7.23. The average Bonchev–Trinajstić information content (AvgIpc) is 3.29. The lowest BCUT2D eigenvalue weighted by Gasteiger charge is -2.20. The van der Waals surface area contributed by atoms with Crippen LogP contribution in [-0.4, -0.2) is 34.9 Å². The van der Waals surface area contributed by atoms with Gasteiger partial charge in [-0.15, -0.1) is 0 Å². The molecule has 3 N–H and O–H groups in total. The minimum atomic E-state index is -0.848. The quantitative estimate of drug-likeness (QED) is 0.0422. The molecule has 358 valence electrons. The first-order valence-electron chi connectivity index (χ1n) is 26.2. The molecule has 0 saturated heterocycles. The molecule has 0 aromatic rings. The van der Waals surface area contributed by atoms with E-state index in [0.29, 0.717) is 6.42 Å². The Bertz CT molecular complexity index is 1260. The summed E-state index contributed by atoms with van der Waals surface area (Å²) in [4.78, 5) is 12.4. The molecule has 4 nitrogen and oxygen atoms in total. The maximum Gasteiger partial charge on any atom is 0.220 e. The van der Waals surface area contributed by atoms with Crippen molar-refractivity contribution in [1.82, 2.24) is 5.32 Å². The molecule has 0 fully saturated rings. The van der Waals surface area contributed by atoms with Gasteiger partial charge in [-0.2, -0.15) is 0 Å². The minimum Gasteiger partial charge on any atom is -0.394 e. The van der Waals surface area contributed by atoms with E-state index in [9.17, 15) is 15.0 Å². The zero-order valence-corrected chi connectivity index (χ0v) is 41.0. The van der Waals surface area contributed by atoms with Gasteiger partial charge in [0.15, 0.2) is 0 Å². The Labute approximate surface area is 390 Å². The molecule has 0 rings (SSSR count). The van der Waals surface area contributed by atoms with Crippen LogP contribution in [-0.2, 0) is 4.79 Å². The van der Waals surface area contributed by atoms with Crippen molar-refractivity contribution in [3.63, 3.8) is 0 Å². The summed E-state index contributed by atoms with van der Waals surface area (Å²) >= 11 is 0. The number of amides is 1. The third-order valence-electron chi connectivity index (χ3n) is 11.2. The Kier molecular flexibility index (Phi) is 50.4. The highest BCUT2D eigenvalue weighted by Crippen LogP contribution is 2.14. The molecule has 0 aromatic heterocycles. The standard InChI is InChI=1S/C59H99NO3/c1-3-5-7-9-11-13-15-17-19-20-21-22-23-24-25-26-27-28-29-30-31-32-33-34-35-36-37-38-39-40-41-43-45-47-49-51-53-55-59(63)60-57(56-61)58(62)54-52-50-48-46-44-42-18-16-14-12-10-8-6-4-2/h5,7,11,13,17,19,21-22,24-25,27-28,30-31,33-34,36-37,52,54,57-58,61-62H,3-4,6,8-10,12,14-16,18,20,23,26,29,32,35,38-51,53,55-56H2,1-2H3,(H,60,63)/b7-5-,13-11-,19-17-,22-21-,25-24-,28-27-,31-30-,34-33-,37-36-,54-52+. The SMILES string of the molecule is CC/C=C\C/C=C\C/C=C\C/C=C\C/C=C\C/C=C\C/C=C\C/C=C\C/C=C\CCCCCCCCCCCC(=O)NC(CO)C(O)/C=C/CCCCCCCCCCCCCC. The van der Waals surface area contributed by atoms with Crippen LogP contribution < -0.4 is 5.32 Å². The van der Waals surface area contributed by atoms with Gasteiger partial charge in [-0.25, -0.2) is 0 Å². The lowest BCUT2D eigenvalue weighted by atomic mass is 10.0. The highest BCUT2D eigenvalue weighted by molar-refractivity contribution is 5.76. The van der Waals surface area contributed by atoms with Gasteiger partial charge in [0.05, 0.1) is 18.8 Å². The van der Waals surface area contributed by atoms with E-state index < -0.39 is 12.1 Å². The summed E-state index contributed by atoms with van der Waals surface area (Å²) in [6.45, 7) is 4.18. The van der Waals surface area contributed by atoms with Gasteiger partial charge in [-0.3, -0.25) is 4.79 Å². The molecule has 0 bridgehead atoms. The summed E-state index contributed by atoms with van der Waals surface area (Å²) in [7, 11) is 0. The number of allylic oxidation sites excluding steroid dienone is 19. The highest BCUT2D eigenvalue weighted by atomic mass is 16.3. The number of unbranched alkanes of at least 4 members (excludes halogenated alkanes) is 21. The van der Waals surface area contributed by atoms with Crippen molar-refractivity contribution < 1.29 is 15.0 Å². The molecule has 0 saturated carbocycles. The molecule has 0 aliphatic rings. The first kappa shape index (κ1) is 59.8. The Morgan fingerprint density at radius 3 is 1.05 bits per heavy atom. The third-order valence-corrected chi connectivity index (χ3v) is 11.2. The predicted molar refractivity (Wildman–Crippen MR) is 280 cm³/mol. The molecule has 0 aliphatic heterocycles. The lowest BCUT2D eigenvalue weighted by molar-refractivity contribution is -0.123. The van der Waals surface area contributed by atoms with E-state index in [-0.39, 0.29) is 12.5 Å². The summed E-state index contributed by atoms with van der Waals surface area (Å²) in [5.74, 6) is -0.0758. The molecule has 4 heteroatoms. The highest BCUT2D eigenvalue weighted by Gasteiger charge is 2.17. The van der Waals surface area contributed by atoms with Crippen LogP contribution in [0.2, 0.25) is 0 Å². The van der Waals surface area contributed by atoms with E-state index in [1.807, 2.05) is 6.08 Å². The van der Waals surface area contributed by atoms with Crippen LogP contribution in [0.15, 0.2) is 122 Å². The summed E-state index contributed by atoms with van der Waals surface area (Å²) in [6.07, 6.45) is 81.9. The van der Waals surface area contributed by atoms with E-state index >= 15 is 0 Å². The topological polar surface area (TPSA) is 69.6 Å². The summed E-state index contributed by atoms with van der Waals surface area (Å²) in [5, 5.41) is 23.1. The Balaban J connectivity index is 3.62. The lowest BCUT2D eigenvalue weighted by Crippen LogP contribution is -2.45. The fourth-order valence-electron chi connectivity index (χ4n) is 7.23. The van der Waals surface area contributed by atoms with Crippen LogP contribution in [0.4, 0.5) is 0 Å². The predicted octanol–water partition coefficient (Wildman–Crippen LogP) is 17.3. The van der Waals surface area contributed by atoms with Gasteiger partial charge in [-0.05, 0) is 89.9 Å². The van der Waals surface area contributed by atoms with Crippen molar-refractivity contribution in [2.24, 2.45) is 0 Å². The zero-order valence-electron chi connectivity index (χ0n) is 41.0. The van der Waals surface area contributed by atoms with Crippen molar-refractivity contribution in [1.29, 1.82) is 0 Å². The molecule has 0 heterocycles. The van der Waals surface area contributed by atoms with Gasteiger partial charge >= 0.3 is 0 Å². The van der Waals surface area contributed by atoms with E-state index in [1.54, 1.807) is 6.08 Å². The number of aliphatic hydroxyl groups is 2. The van der Waals surface area contributed by atoms with Crippen molar-refractivity contribution in [2.45, 2.75) is 238 Å². The van der Waals surface area contributed by atoms with Crippen LogP contribution in [0, 0.1) is 0 Å². The molecule has 0 aliphatic carbocycles. The largest absolute Gasteiger partial charge is 0.394 e. The van der Waals surface area contributed by atoms with E-state index in [0.717, 1.165) is 89.9 Å². The zero-order chi connectivity index (χ0) is 45.6. The second kappa shape index (κ2) is 53.1. The number of hydrogen-bond acceptors (Lipinski definition) is 3. The van der Waals surface area contributed by atoms with Gasteiger partial charge in [0.2, 0.25) is 5.91 Å². The number of aliphatic hydroxyl groups excluding tert-OH is 2. The number of hydrogen-bond donors (Lipinski definition) is 3. The first-order chi connectivity index (χ1) is 31.2. The molecule has 2 atom stereocenters. The van der Waals surface area contributed by atoms with Gasteiger partial charge < -0.3 is 15.5 Å². The van der Waals surface area contributed by atoms with Gasteiger partial charge in [-0.1, -0.05) is 251 Å². The third kappa shape index (κ3) is 49.7. The molecular formula is C59H99NO3. The summed E-state index contributed by atoms with van der Waals surface area (Å²) in [6, 6.07) is -0.633. The summed E-state index contributed by atoms with van der Waals surface area (Å²) < 4.78 is 0. The van der Waals surface area contributed by atoms with Gasteiger partial charge in [0.25, 0.3) is 0 Å². The molecular weight excluding hydrogens is 771 g/mol. The number of nitrogens with one attached hydrogen (secondary N) is 1. The molecule has 1 amide bonds. The van der Waals surface area contributed by atoms with E-state index in [2.05, 4.69) is 129 Å². The normalized spacial score (nSPS) is 13.9.